The van der Waals surface area contributed by atoms with E-state index in [4.69, 9.17) is 14.4 Å². The normalized spacial score (nSPS) is 11.6. The lowest BCUT2D eigenvalue weighted by Gasteiger charge is -2.14. The number of thiophene rings is 1. The van der Waals surface area contributed by atoms with Crippen LogP contribution in [-0.2, 0) is 0 Å². The number of hydrogen-bond acceptors (Lipinski definition) is 5. The molecular weight excluding hydrogens is 631 g/mol. The number of hydrogen-bond donors (Lipinski definition) is 0. The molecule has 5 heteroatoms. The fourth-order valence-electron chi connectivity index (χ4n) is 7.10. The SMILES string of the molecule is c1ccc(-c2nc(-c3ccccc3-c3ccccn3)cc(-c3ccc(-c4cccc5c4sc4ccccc45)c4oc5ccccc5c34)n2)cc1. The molecule has 0 spiro atoms. The molecule has 0 amide bonds. The van der Waals surface area contributed by atoms with E-state index in [1.165, 1.54) is 20.2 Å². The molecule has 0 unspecified atom stereocenters. The summed E-state index contributed by atoms with van der Waals surface area (Å²) in [5.74, 6) is 0.661. The second-order valence-electron chi connectivity index (χ2n) is 12.3. The van der Waals surface area contributed by atoms with Crippen LogP contribution in [-0.4, -0.2) is 15.0 Å². The van der Waals surface area contributed by atoms with Crippen LogP contribution in [0.5, 0.6) is 0 Å². The van der Waals surface area contributed by atoms with Crippen LogP contribution < -0.4 is 0 Å². The van der Waals surface area contributed by atoms with Gasteiger partial charge >= 0.3 is 0 Å². The minimum atomic E-state index is 0.661. The molecule has 4 nitrogen and oxygen atoms in total. The predicted octanol–water partition coefficient (Wildman–Crippen LogP) is 12.5. The number of furan rings is 1. The number of benzene rings is 6. The van der Waals surface area contributed by atoms with Crippen LogP contribution in [0.3, 0.4) is 0 Å². The fraction of sp³-hybridized carbons (Fsp3) is 0. The first-order valence-corrected chi connectivity index (χ1v) is 17.4. The molecule has 0 fully saturated rings. The van der Waals surface area contributed by atoms with Gasteiger partial charge in [0.2, 0.25) is 0 Å². The van der Waals surface area contributed by atoms with Crippen molar-refractivity contribution in [3.05, 3.63) is 164 Å². The van der Waals surface area contributed by atoms with Crippen molar-refractivity contribution in [2.75, 3.05) is 0 Å². The van der Waals surface area contributed by atoms with Crippen molar-refractivity contribution >= 4 is 53.4 Å². The Morgan fingerprint density at radius 1 is 0.460 bits per heavy atom. The van der Waals surface area contributed by atoms with Gasteiger partial charge in [-0.3, -0.25) is 4.98 Å². The molecule has 50 heavy (non-hydrogen) atoms. The third kappa shape index (κ3) is 4.63. The van der Waals surface area contributed by atoms with Crippen molar-refractivity contribution in [3.8, 4) is 56.3 Å². The van der Waals surface area contributed by atoms with Crippen molar-refractivity contribution in [1.29, 1.82) is 0 Å². The first kappa shape index (κ1) is 28.6. The van der Waals surface area contributed by atoms with Gasteiger partial charge < -0.3 is 4.42 Å². The van der Waals surface area contributed by atoms with E-state index in [-0.39, 0.29) is 0 Å². The summed E-state index contributed by atoms with van der Waals surface area (Å²) in [5.41, 5.74) is 10.4. The standard InChI is InChI=1S/C45H27N3OS/c1-2-13-28(14-3-1)45-47-38(30-16-5-4-15-29(30)37-21-10-11-26-46-37)27-39(48-45)35-25-24-32(43-42(35)36-18-6-8-22-40(36)49-43)34-20-12-19-33-31-17-7-9-23-41(31)50-44(33)34/h1-27H. The molecule has 0 aliphatic rings. The maximum Gasteiger partial charge on any atom is 0.160 e. The monoisotopic (exact) mass is 657 g/mol. The van der Waals surface area contributed by atoms with Gasteiger partial charge in [-0.05, 0) is 36.4 Å². The van der Waals surface area contributed by atoms with E-state index in [9.17, 15) is 0 Å². The average molecular weight is 658 g/mol. The topological polar surface area (TPSA) is 51.8 Å². The molecule has 0 aliphatic heterocycles. The Hall–Kier alpha value is -6.43. The third-order valence-corrected chi connectivity index (χ3v) is 10.6. The first-order valence-electron chi connectivity index (χ1n) is 16.6. The number of nitrogens with zero attached hydrogens (tertiary/aromatic N) is 3. The summed E-state index contributed by atoms with van der Waals surface area (Å²) in [6, 6.07) is 54.5. The lowest BCUT2D eigenvalue weighted by atomic mass is 9.95. The maximum absolute atomic E-state index is 6.78. The van der Waals surface area contributed by atoms with Gasteiger partial charge in [0.25, 0.3) is 0 Å². The van der Waals surface area contributed by atoms with E-state index in [2.05, 4.69) is 108 Å². The Balaban J connectivity index is 1.25. The van der Waals surface area contributed by atoms with Gasteiger partial charge in [-0.2, -0.15) is 0 Å². The summed E-state index contributed by atoms with van der Waals surface area (Å²) >= 11 is 1.83. The number of aromatic nitrogens is 3. The zero-order valence-electron chi connectivity index (χ0n) is 26.7. The van der Waals surface area contributed by atoms with Crippen LogP contribution in [0.1, 0.15) is 0 Å². The molecule has 4 aromatic heterocycles. The molecule has 0 N–H and O–H groups in total. The first-order chi connectivity index (χ1) is 24.8. The van der Waals surface area contributed by atoms with Crippen LogP contribution in [0, 0.1) is 0 Å². The van der Waals surface area contributed by atoms with E-state index in [1.807, 2.05) is 72.1 Å². The molecule has 0 bridgehead atoms. The van der Waals surface area contributed by atoms with Gasteiger partial charge in [-0.1, -0.05) is 121 Å². The summed E-state index contributed by atoms with van der Waals surface area (Å²) in [6.07, 6.45) is 1.83. The highest BCUT2D eigenvalue weighted by Crippen LogP contribution is 2.46. The smallest absolute Gasteiger partial charge is 0.160 e. The van der Waals surface area contributed by atoms with Crippen molar-refractivity contribution < 1.29 is 4.42 Å². The molecule has 234 valence electrons. The van der Waals surface area contributed by atoms with Crippen LogP contribution in [0.4, 0.5) is 0 Å². The summed E-state index contributed by atoms with van der Waals surface area (Å²) in [7, 11) is 0. The molecule has 0 radical (unpaired) electrons. The van der Waals surface area contributed by atoms with Gasteiger partial charge in [0.15, 0.2) is 5.82 Å². The lowest BCUT2D eigenvalue weighted by Crippen LogP contribution is -1.98. The van der Waals surface area contributed by atoms with Crippen molar-refractivity contribution in [1.82, 2.24) is 15.0 Å². The van der Waals surface area contributed by atoms with Crippen LogP contribution >= 0.6 is 11.3 Å². The average Bonchev–Trinajstić information content (AvgIpc) is 3.77. The van der Waals surface area contributed by atoms with Gasteiger partial charge in [0.1, 0.15) is 11.2 Å². The molecule has 0 saturated heterocycles. The highest BCUT2D eigenvalue weighted by atomic mass is 32.1. The molecule has 0 saturated carbocycles. The fourth-order valence-corrected chi connectivity index (χ4v) is 8.33. The Morgan fingerprint density at radius 2 is 1.12 bits per heavy atom. The number of para-hydroxylation sites is 1. The molecule has 0 aliphatic carbocycles. The van der Waals surface area contributed by atoms with E-state index in [0.29, 0.717) is 5.82 Å². The van der Waals surface area contributed by atoms with Gasteiger partial charge in [-0.25, -0.2) is 9.97 Å². The minimum absolute atomic E-state index is 0.661. The van der Waals surface area contributed by atoms with Gasteiger partial charge in [0, 0.05) is 70.5 Å². The summed E-state index contributed by atoms with van der Waals surface area (Å²) in [6.45, 7) is 0. The van der Waals surface area contributed by atoms with Crippen LogP contribution in [0.15, 0.2) is 168 Å². The molecule has 10 aromatic rings. The van der Waals surface area contributed by atoms with Gasteiger partial charge in [-0.15, -0.1) is 11.3 Å². The summed E-state index contributed by atoms with van der Waals surface area (Å²) in [4.78, 5) is 15.1. The minimum Gasteiger partial charge on any atom is -0.455 e. The van der Waals surface area contributed by atoms with Gasteiger partial charge in [0.05, 0.1) is 17.1 Å². The summed E-state index contributed by atoms with van der Waals surface area (Å²) < 4.78 is 9.32. The Kier molecular flexibility index (Phi) is 6.64. The summed E-state index contributed by atoms with van der Waals surface area (Å²) in [5, 5.41) is 4.63. The quantitative estimate of drug-likeness (QED) is 0.185. The van der Waals surface area contributed by atoms with E-state index in [0.717, 1.165) is 72.4 Å². The van der Waals surface area contributed by atoms with E-state index < -0.39 is 0 Å². The number of pyridine rings is 1. The van der Waals surface area contributed by atoms with Crippen LogP contribution in [0.2, 0.25) is 0 Å². The molecule has 10 rings (SSSR count). The zero-order chi connectivity index (χ0) is 33.0. The van der Waals surface area contributed by atoms with Crippen molar-refractivity contribution in [2.24, 2.45) is 0 Å². The Bertz CT molecular complexity index is 2870. The Labute approximate surface area is 292 Å². The second kappa shape index (κ2) is 11.6. The zero-order valence-corrected chi connectivity index (χ0v) is 27.6. The third-order valence-electron chi connectivity index (χ3n) is 9.40. The highest BCUT2D eigenvalue weighted by Gasteiger charge is 2.22. The molecule has 0 atom stereocenters. The number of fused-ring (bicyclic) bond motifs is 6. The van der Waals surface area contributed by atoms with Crippen molar-refractivity contribution in [3.63, 3.8) is 0 Å². The van der Waals surface area contributed by atoms with E-state index in [1.54, 1.807) is 0 Å². The second-order valence-corrected chi connectivity index (χ2v) is 13.4. The predicted molar refractivity (Wildman–Crippen MR) is 207 cm³/mol. The molecule has 6 aromatic carbocycles. The molecule has 4 heterocycles. The largest absolute Gasteiger partial charge is 0.455 e. The maximum atomic E-state index is 6.78. The highest BCUT2D eigenvalue weighted by molar-refractivity contribution is 7.26. The van der Waals surface area contributed by atoms with Crippen LogP contribution in [0.25, 0.3) is 98.4 Å². The van der Waals surface area contributed by atoms with E-state index >= 15 is 0 Å². The Morgan fingerprint density at radius 3 is 1.96 bits per heavy atom. The lowest BCUT2D eigenvalue weighted by molar-refractivity contribution is 0.670. The number of rotatable bonds is 5. The molecular formula is C45H27N3OS. The van der Waals surface area contributed by atoms with Crippen molar-refractivity contribution in [2.45, 2.75) is 0 Å².